The Morgan fingerprint density at radius 2 is 1.57 bits per heavy atom. The molecule has 0 bridgehead atoms. The van der Waals surface area contributed by atoms with Crippen LogP contribution in [0.5, 0.6) is 5.75 Å². The summed E-state index contributed by atoms with van der Waals surface area (Å²) in [4.78, 5) is 10.4. The zero-order valence-electron chi connectivity index (χ0n) is 6.75. The van der Waals surface area contributed by atoms with Crippen molar-refractivity contribution in [2.75, 3.05) is 0 Å². The first-order valence-electron chi connectivity index (χ1n) is 3.34. The van der Waals surface area contributed by atoms with E-state index in [0.717, 1.165) is 0 Å². The summed E-state index contributed by atoms with van der Waals surface area (Å²) in [5.74, 6) is 0.127. The topological polar surface area (TPSA) is 37.3 Å². The van der Waals surface area contributed by atoms with Crippen LogP contribution in [0.4, 0.5) is 13.2 Å². The highest BCUT2D eigenvalue weighted by Gasteiger charge is 1.98. The van der Waals surface area contributed by atoms with Crippen LogP contribution in [0.15, 0.2) is 24.3 Å². The number of halogens is 4. The van der Waals surface area contributed by atoms with Crippen LogP contribution in [0.25, 0.3) is 0 Å². The quantitative estimate of drug-likeness (QED) is 0.748. The monoisotopic (exact) mass is 226 g/mol. The Labute approximate surface area is 82.9 Å². The number of alkyl halides is 3. The average Bonchev–Trinajstić information content (AvgIpc) is 2.03. The lowest BCUT2D eigenvalue weighted by Crippen LogP contribution is -1.85. The lowest BCUT2D eigenvalue weighted by Gasteiger charge is -1.91. The summed E-state index contributed by atoms with van der Waals surface area (Å²) >= 11 is 5.13. The van der Waals surface area contributed by atoms with Gasteiger partial charge in [-0.05, 0) is 35.9 Å². The minimum Gasteiger partial charge on any atom is -0.508 e. The lowest BCUT2D eigenvalue weighted by atomic mass is 10.2. The number of rotatable bonds is 1. The van der Waals surface area contributed by atoms with Crippen LogP contribution in [0.3, 0.4) is 0 Å². The molecule has 1 aromatic carbocycles. The third-order valence-corrected chi connectivity index (χ3v) is 1.31. The molecule has 0 aliphatic rings. The molecule has 1 aromatic rings. The number of phenols is 1. The molecule has 0 spiro atoms. The van der Waals surface area contributed by atoms with Gasteiger partial charge in [0.25, 0.3) is 5.24 Å². The molecule has 1 rings (SSSR count). The Morgan fingerprint density at radius 1 is 1.21 bits per heavy atom. The van der Waals surface area contributed by atoms with Crippen LogP contribution >= 0.6 is 11.6 Å². The summed E-state index contributed by atoms with van der Waals surface area (Å²) in [6, 6.07) is 5.75. The fraction of sp³-hybridized carbons (Fsp3) is 0.125. The maximum Gasteiger partial charge on any atom is 0.379 e. The van der Waals surface area contributed by atoms with Crippen LogP contribution in [0.2, 0.25) is 0 Å². The van der Waals surface area contributed by atoms with Crippen LogP contribution in [0.1, 0.15) is 10.4 Å². The Balaban J connectivity index is 0.000000364. The van der Waals surface area contributed by atoms with Crippen LogP contribution < -0.4 is 0 Å². The predicted octanol–water partition coefficient (Wildman–Crippen LogP) is 2.95. The van der Waals surface area contributed by atoms with Crippen LogP contribution in [-0.2, 0) is 0 Å². The van der Waals surface area contributed by atoms with Gasteiger partial charge in [0.15, 0.2) is 0 Å². The summed E-state index contributed by atoms with van der Waals surface area (Å²) in [6.07, 6.45) is 0. The second kappa shape index (κ2) is 6.26. The summed E-state index contributed by atoms with van der Waals surface area (Å²) in [5, 5.41) is 8.27. The molecule has 0 heterocycles. The summed E-state index contributed by atoms with van der Waals surface area (Å²) in [7, 11) is 0. The Bertz CT molecular complexity index is 284. The maximum absolute atomic E-state index is 10.4. The molecule has 0 saturated heterocycles. The molecule has 0 aromatic heterocycles. The van der Waals surface area contributed by atoms with E-state index in [2.05, 4.69) is 0 Å². The molecule has 0 aliphatic heterocycles. The Kier molecular flexibility index (Phi) is 5.71. The molecule has 0 fully saturated rings. The summed E-state index contributed by atoms with van der Waals surface area (Å²) in [5.41, 5.74) is 0.388. The largest absolute Gasteiger partial charge is 0.508 e. The predicted molar refractivity (Wildman–Crippen MR) is 45.4 cm³/mol. The van der Waals surface area contributed by atoms with Crippen molar-refractivity contribution in [3.05, 3.63) is 29.8 Å². The summed E-state index contributed by atoms with van der Waals surface area (Å²) in [6.45, 7) is -3.67. The second-order valence-corrected chi connectivity index (χ2v) is 2.41. The van der Waals surface area contributed by atoms with Gasteiger partial charge in [0, 0.05) is 5.56 Å². The van der Waals surface area contributed by atoms with Gasteiger partial charge in [0.2, 0.25) is 0 Å². The van der Waals surface area contributed by atoms with Crippen molar-refractivity contribution in [1.29, 1.82) is 0 Å². The number of carbonyl (C=O) groups is 1. The Morgan fingerprint density at radius 3 is 1.86 bits per heavy atom. The van der Waals surface area contributed by atoms with Gasteiger partial charge < -0.3 is 5.11 Å². The molecule has 2 nitrogen and oxygen atoms in total. The van der Waals surface area contributed by atoms with E-state index in [0.29, 0.717) is 5.56 Å². The van der Waals surface area contributed by atoms with Crippen molar-refractivity contribution in [2.24, 2.45) is 0 Å². The first kappa shape index (κ1) is 12.8. The molecule has 0 amide bonds. The fourth-order valence-electron chi connectivity index (χ4n) is 0.592. The molecule has 14 heavy (non-hydrogen) atoms. The standard InChI is InChI=1S/C7H5ClO2.CHF3/c8-7(10)5-1-3-6(9)4-2-5;2-1(3)4/h1-4,9H;1H. The van der Waals surface area contributed by atoms with Crippen molar-refractivity contribution in [2.45, 2.75) is 6.68 Å². The number of hydrogen-bond acceptors (Lipinski definition) is 2. The maximum atomic E-state index is 10.4. The zero-order valence-corrected chi connectivity index (χ0v) is 7.51. The molecule has 0 saturated carbocycles. The van der Waals surface area contributed by atoms with Gasteiger partial charge in [-0.15, -0.1) is 0 Å². The van der Waals surface area contributed by atoms with Crippen molar-refractivity contribution in [1.82, 2.24) is 0 Å². The van der Waals surface area contributed by atoms with Crippen molar-refractivity contribution in [3.8, 4) is 5.75 Å². The molecule has 0 atom stereocenters. The number of benzene rings is 1. The molecule has 0 radical (unpaired) electrons. The Hall–Kier alpha value is -1.23. The van der Waals surface area contributed by atoms with Crippen LogP contribution in [0, 0.1) is 0 Å². The number of phenolic OH excluding ortho intramolecular Hbond substituents is 1. The average molecular weight is 227 g/mol. The molecular weight excluding hydrogens is 221 g/mol. The van der Waals surface area contributed by atoms with Gasteiger partial charge >= 0.3 is 6.68 Å². The van der Waals surface area contributed by atoms with Gasteiger partial charge in [-0.25, -0.2) is 0 Å². The third kappa shape index (κ3) is 6.30. The minimum absolute atomic E-state index is 0.127. The van der Waals surface area contributed by atoms with Gasteiger partial charge in [-0.2, -0.15) is 13.2 Å². The van der Waals surface area contributed by atoms with Gasteiger partial charge in [0.1, 0.15) is 5.75 Å². The van der Waals surface area contributed by atoms with Gasteiger partial charge in [0.05, 0.1) is 0 Å². The number of aromatic hydroxyl groups is 1. The second-order valence-electron chi connectivity index (χ2n) is 2.07. The van der Waals surface area contributed by atoms with E-state index in [1.54, 1.807) is 0 Å². The van der Waals surface area contributed by atoms with Crippen molar-refractivity contribution < 1.29 is 23.1 Å². The van der Waals surface area contributed by atoms with Gasteiger partial charge in [-0.1, -0.05) is 0 Å². The SMILES string of the molecule is FC(F)F.O=C(Cl)c1ccc(O)cc1. The van der Waals surface area contributed by atoms with Crippen molar-refractivity contribution >= 4 is 16.8 Å². The van der Waals surface area contributed by atoms with E-state index in [-0.39, 0.29) is 5.75 Å². The normalized spacial score (nSPS) is 9.21. The number of carbonyl (C=O) groups excluding carboxylic acids is 1. The van der Waals surface area contributed by atoms with E-state index < -0.39 is 11.9 Å². The smallest absolute Gasteiger partial charge is 0.379 e. The third-order valence-electron chi connectivity index (χ3n) is 1.09. The van der Waals surface area contributed by atoms with Gasteiger partial charge in [-0.3, -0.25) is 4.79 Å². The van der Waals surface area contributed by atoms with E-state index in [1.807, 2.05) is 0 Å². The highest BCUT2D eigenvalue weighted by molar-refractivity contribution is 6.67. The van der Waals surface area contributed by atoms with E-state index >= 15 is 0 Å². The summed E-state index contributed by atoms with van der Waals surface area (Å²) < 4.78 is 29.0. The van der Waals surface area contributed by atoms with E-state index in [4.69, 9.17) is 16.7 Å². The first-order chi connectivity index (χ1) is 6.43. The highest BCUT2D eigenvalue weighted by atomic mass is 35.5. The van der Waals surface area contributed by atoms with Crippen molar-refractivity contribution in [3.63, 3.8) is 0 Å². The lowest BCUT2D eigenvalue weighted by molar-refractivity contribution is 0.00819. The van der Waals surface area contributed by atoms with E-state index in [9.17, 15) is 18.0 Å². The molecule has 1 N–H and O–H groups in total. The number of hydrogen-bond donors (Lipinski definition) is 1. The van der Waals surface area contributed by atoms with Crippen LogP contribution in [-0.4, -0.2) is 17.0 Å². The fourth-order valence-corrected chi connectivity index (χ4v) is 0.718. The molecule has 0 aliphatic carbocycles. The molecule has 6 heteroatoms. The zero-order chi connectivity index (χ0) is 11.1. The highest BCUT2D eigenvalue weighted by Crippen LogP contribution is 2.10. The minimum atomic E-state index is -3.67. The molecule has 78 valence electrons. The molecular formula is C8H6ClF3O2. The first-order valence-corrected chi connectivity index (χ1v) is 3.72. The molecule has 0 unspecified atom stereocenters. The van der Waals surface area contributed by atoms with E-state index in [1.165, 1.54) is 24.3 Å².